The molecule has 23 heavy (non-hydrogen) atoms. The first-order valence-corrected chi connectivity index (χ1v) is 8.59. The minimum Gasteiger partial charge on any atom is -0.326 e. The van der Waals surface area contributed by atoms with Crippen molar-refractivity contribution in [2.45, 2.75) is 16.9 Å². The highest BCUT2D eigenvalue weighted by Gasteiger charge is 2.39. The van der Waals surface area contributed by atoms with Gasteiger partial charge in [-0.2, -0.15) is 4.31 Å². The molecule has 1 heterocycles. The zero-order chi connectivity index (χ0) is 16.6. The Morgan fingerprint density at radius 1 is 1.00 bits per heavy atom. The molecule has 1 saturated heterocycles. The fourth-order valence-electron chi connectivity index (χ4n) is 2.85. The Morgan fingerprint density at radius 2 is 1.65 bits per heavy atom. The summed E-state index contributed by atoms with van der Waals surface area (Å²) in [5.41, 5.74) is 6.45. The van der Waals surface area contributed by atoms with E-state index in [2.05, 4.69) is 0 Å². The molecule has 0 saturated carbocycles. The monoisotopic (exact) mass is 338 g/mol. The van der Waals surface area contributed by atoms with Crippen molar-refractivity contribution in [3.05, 3.63) is 65.7 Å². The van der Waals surface area contributed by atoms with Crippen molar-refractivity contribution in [2.24, 2.45) is 5.73 Å². The van der Waals surface area contributed by atoms with Crippen molar-refractivity contribution in [1.29, 1.82) is 0 Å². The van der Waals surface area contributed by atoms with Gasteiger partial charge in [0.15, 0.2) is 0 Å². The highest BCUT2D eigenvalue weighted by atomic mass is 32.2. The minimum absolute atomic E-state index is 0.000263. The van der Waals surface area contributed by atoms with Crippen molar-refractivity contribution >= 4 is 10.0 Å². The predicted octanol–water partition coefficient (Wildman–Crippen LogP) is 2.08. The van der Waals surface area contributed by atoms with Crippen LogP contribution >= 0.6 is 0 Å². The highest BCUT2D eigenvalue weighted by molar-refractivity contribution is 7.89. The second-order valence-corrected chi connectivity index (χ2v) is 7.51. The Balaban J connectivity index is 1.89. The van der Waals surface area contributed by atoms with E-state index in [1.54, 1.807) is 18.2 Å². The third-order valence-electron chi connectivity index (χ3n) is 4.09. The molecule has 0 unspecified atom stereocenters. The predicted molar refractivity (Wildman–Crippen MR) is 82.3 cm³/mol. The van der Waals surface area contributed by atoms with Crippen molar-refractivity contribution < 1.29 is 17.2 Å². The van der Waals surface area contributed by atoms with Crippen LogP contribution < -0.4 is 5.73 Å². The first-order chi connectivity index (χ1) is 10.9. The van der Waals surface area contributed by atoms with Crippen molar-refractivity contribution in [2.75, 3.05) is 13.1 Å². The van der Waals surface area contributed by atoms with Gasteiger partial charge in [0.25, 0.3) is 0 Å². The molecule has 1 aliphatic rings. The van der Waals surface area contributed by atoms with Crippen LogP contribution in [0.4, 0.5) is 8.78 Å². The van der Waals surface area contributed by atoms with Gasteiger partial charge in [0.05, 0.1) is 4.90 Å². The molecule has 0 aromatic heterocycles. The molecule has 3 rings (SSSR count). The maximum absolute atomic E-state index is 13.9. The van der Waals surface area contributed by atoms with Gasteiger partial charge in [-0.3, -0.25) is 0 Å². The molecule has 0 bridgehead atoms. The van der Waals surface area contributed by atoms with Crippen molar-refractivity contribution in [3.8, 4) is 0 Å². The van der Waals surface area contributed by atoms with Gasteiger partial charge in [-0.15, -0.1) is 0 Å². The summed E-state index contributed by atoms with van der Waals surface area (Å²) >= 11 is 0. The second kappa shape index (κ2) is 5.99. The number of rotatable bonds is 3. The van der Waals surface area contributed by atoms with Gasteiger partial charge < -0.3 is 5.73 Å². The summed E-state index contributed by atoms with van der Waals surface area (Å²) in [4.78, 5) is 0.000263. The van der Waals surface area contributed by atoms with Gasteiger partial charge in [0, 0.05) is 25.0 Å². The van der Waals surface area contributed by atoms with Crippen LogP contribution in [0, 0.1) is 11.6 Å². The lowest BCUT2D eigenvalue weighted by Crippen LogP contribution is -2.32. The number of benzene rings is 2. The topological polar surface area (TPSA) is 63.4 Å². The van der Waals surface area contributed by atoms with E-state index in [1.807, 2.05) is 0 Å². The number of halogens is 2. The normalized spacial score (nSPS) is 22.4. The summed E-state index contributed by atoms with van der Waals surface area (Å²) in [6.07, 6.45) is 0. The Hall–Kier alpha value is -1.83. The maximum Gasteiger partial charge on any atom is 0.243 e. The number of nitrogens with zero attached hydrogens (tertiary/aromatic N) is 1. The van der Waals surface area contributed by atoms with Crippen LogP contribution in [0.3, 0.4) is 0 Å². The number of nitrogens with two attached hydrogens (primary N) is 1. The molecule has 0 radical (unpaired) electrons. The standard InChI is InChI=1S/C16H16F2N2O2S/c17-11-5-7-12(8-6-11)23(21,22)20-9-14(16(19)10-20)13-3-1-2-4-15(13)18/h1-8,14,16H,9-10,19H2/t14-,16+/m0/s1. The van der Waals surface area contributed by atoms with E-state index >= 15 is 0 Å². The Bertz CT molecular complexity index is 809. The Morgan fingerprint density at radius 3 is 2.30 bits per heavy atom. The first-order valence-electron chi connectivity index (χ1n) is 7.15. The molecule has 1 aliphatic heterocycles. The summed E-state index contributed by atoms with van der Waals surface area (Å²) in [6.45, 7) is 0.195. The Labute approximate surface area is 133 Å². The summed E-state index contributed by atoms with van der Waals surface area (Å²) in [7, 11) is -3.78. The van der Waals surface area contributed by atoms with Crippen LogP contribution in [0.5, 0.6) is 0 Å². The van der Waals surface area contributed by atoms with Gasteiger partial charge >= 0.3 is 0 Å². The second-order valence-electron chi connectivity index (χ2n) is 5.57. The van der Waals surface area contributed by atoms with Gasteiger partial charge in [0.2, 0.25) is 10.0 Å². The molecule has 1 fully saturated rings. The van der Waals surface area contributed by atoms with Gasteiger partial charge in [0.1, 0.15) is 11.6 Å². The zero-order valence-corrected chi connectivity index (χ0v) is 13.0. The Kier molecular flexibility index (Phi) is 4.18. The fourth-order valence-corrected chi connectivity index (χ4v) is 4.35. The number of sulfonamides is 1. The van der Waals surface area contributed by atoms with E-state index in [4.69, 9.17) is 5.73 Å². The quantitative estimate of drug-likeness (QED) is 0.932. The number of hydrogen-bond donors (Lipinski definition) is 1. The molecular weight excluding hydrogens is 322 g/mol. The van der Waals surface area contributed by atoms with E-state index < -0.39 is 33.6 Å². The van der Waals surface area contributed by atoms with Crippen LogP contribution in [0.1, 0.15) is 11.5 Å². The molecule has 7 heteroatoms. The summed E-state index contributed by atoms with van der Waals surface area (Å²) < 4.78 is 53.4. The minimum atomic E-state index is -3.78. The van der Waals surface area contributed by atoms with Gasteiger partial charge in [-0.05, 0) is 35.9 Å². The molecule has 2 aromatic rings. The van der Waals surface area contributed by atoms with Crippen molar-refractivity contribution in [1.82, 2.24) is 4.31 Å². The lowest BCUT2D eigenvalue weighted by molar-refractivity contribution is 0.468. The average molecular weight is 338 g/mol. The zero-order valence-electron chi connectivity index (χ0n) is 12.2. The van der Waals surface area contributed by atoms with E-state index in [1.165, 1.54) is 22.5 Å². The molecule has 2 atom stereocenters. The maximum atomic E-state index is 13.9. The lowest BCUT2D eigenvalue weighted by atomic mass is 9.94. The molecule has 4 nitrogen and oxygen atoms in total. The summed E-state index contributed by atoms with van der Waals surface area (Å²) in [5.74, 6) is -1.31. The van der Waals surface area contributed by atoms with Crippen LogP contribution in [-0.2, 0) is 10.0 Å². The van der Waals surface area contributed by atoms with Crippen LogP contribution in [0.15, 0.2) is 53.4 Å². The third-order valence-corrected chi connectivity index (χ3v) is 5.93. The molecule has 0 spiro atoms. The molecule has 2 aromatic carbocycles. The van der Waals surface area contributed by atoms with Crippen LogP contribution in [0.2, 0.25) is 0 Å². The van der Waals surface area contributed by atoms with E-state index in [0.29, 0.717) is 5.56 Å². The molecule has 2 N–H and O–H groups in total. The van der Waals surface area contributed by atoms with E-state index in [9.17, 15) is 17.2 Å². The van der Waals surface area contributed by atoms with Gasteiger partial charge in [-0.25, -0.2) is 17.2 Å². The molecular formula is C16H16F2N2O2S. The van der Waals surface area contributed by atoms with Crippen LogP contribution in [-0.4, -0.2) is 31.9 Å². The lowest BCUT2D eigenvalue weighted by Gasteiger charge is -2.17. The highest BCUT2D eigenvalue weighted by Crippen LogP contribution is 2.31. The third kappa shape index (κ3) is 2.99. The SMILES string of the molecule is N[C@@H]1CN(S(=O)(=O)c2ccc(F)cc2)C[C@H]1c1ccccc1F. The summed E-state index contributed by atoms with van der Waals surface area (Å²) in [6, 6.07) is 10.3. The number of hydrogen-bond acceptors (Lipinski definition) is 3. The van der Waals surface area contributed by atoms with Crippen LogP contribution in [0.25, 0.3) is 0 Å². The van der Waals surface area contributed by atoms with E-state index in [0.717, 1.165) is 12.1 Å². The van der Waals surface area contributed by atoms with Crippen molar-refractivity contribution in [3.63, 3.8) is 0 Å². The molecule has 0 amide bonds. The smallest absolute Gasteiger partial charge is 0.243 e. The van der Waals surface area contributed by atoms with Gasteiger partial charge in [-0.1, -0.05) is 18.2 Å². The average Bonchev–Trinajstić information content (AvgIpc) is 2.91. The summed E-state index contributed by atoms with van der Waals surface area (Å²) in [5, 5.41) is 0. The first kappa shape index (κ1) is 16.0. The fraction of sp³-hybridized carbons (Fsp3) is 0.250. The largest absolute Gasteiger partial charge is 0.326 e. The molecule has 0 aliphatic carbocycles. The molecule has 122 valence electrons. The van der Waals surface area contributed by atoms with E-state index in [-0.39, 0.29) is 18.0 Å².